The number of benzene rings is 2. The van der Waals surface area contributed by atoms with E-state index >= 15 is 0 Å². The quantitative estimate of drug-likeness (QED) is 0.614. The Kier molecular flexibility index (Phi) is 2.36. The third kappa shape index (κ3) is 1.49. The number of hydrogen-bond acceptors (Lipinski definition) is 2. The van der Waals surface area contributed by atoms with Crippen LogP contribution in [0.15, 0.2) is 83.3 Å². The highest BCUT2D eigenvalue weighted by atomic mass is 16.3. The van der Waals surface area contributed by atoms with Crippen molar-refractivity contribution in [1.29, 1.82) is 0 Å². The number of fused-ring (bicyclic) bond motifs is 5. The molecule has 2 unspecified atom stereocenters. The summed E-state index contributed by atoms with van der Waals surface area (Å²) < 4.78 is 6.20. The Bertz CT molecular complexity index is 904. The standard InChI is InChI=1S/C20H15NO/c1-2-8-14(9-3-1)21-17-12-6-4-10-15(17)20-19(21)16-11-5-7-13-18(16)22-20/h1-13,15,17H. The van der Waals surface area contributed by atoms with Gasteiger partial charge >= 0.3 is 0 Å². The molecule has 2 aromatic carbocycles. The lowest BCUT2D eigenvalue weighted by molar-refractivity contribution is 0.528. The fourth-order valence-corrected chi connectivity index (χ4v) is 3.65. The highest BCUT2D eigenvalue weighted by Crippen LogP contribution is 2.52. The van der Waals surface area contributed by atoms with E-state index in [0.717, 1.165) is 11.3 Å². The molecule has 2 heteroatoms. The Balaban J connectivity index is 1.81. The number of allylic oxidation sites excluding steroid dienone is 2. The van der Waals surface area contributed by atoms with Gasteiger partial charge < -0.3 is 9.32 Å². The molecule has 1 aliphatic carbocycles. The molecule has 3 aromatic rings. The molecule has 106 valence electrons. The van der Waals surface area contributed by atoms with Crippen molar-refractivity contribution in [3.8, 4) is 0 Å². The maximum absolute atomic E-state index is 6.20. The molecule has 2 atom stereocenters. The zero-order valence-electron chi connectivity index (χ0n) is 12.0. The number of furan rings is 1. The zero-order chi connectivity index (χ0) is 14.5. The molecule has 2 heterocycles. The summed E-state index contributed by atoms with van der Waals surface area (Å²) in [6, 6.07) is 19.2. The second kappa shape index (κ2) is 4.38. The first-order valence-electron chi connectivity index (χ1n) is 7.64. The molecule has 22 heavy (non-hydrogen) atoms. The molecular formula is C20H15NO. The van der Waals surface area contributed by atoms with Gasteiger partial charge in [-0.05, 0) is 24.3 Å². The number of anilines is 2. The Hall–Kier alpha value is -2.74. The fourth-order valence-electron chi connectivity index (χ4n) is 3.65. The van der Waals surface area contributed by atoms with Crippen LogP contribution >= 0.6 is 0 Å². The number of nitrogens with zero attached hydrogens (tertiary/aromatic N) is 1. The summed E-state index contributed by atoms with van der Waals surface area (Å²) in [5.41, 5.74) is 3.39. The van der Waals surface area contributed by atoms with Gasteiger partial charge in [0.25, 0.3) is 0 Å². The zero-order valence-corrected chi connectivity index (χ0v) is 12.0. The minimum absolute atomic E-state index is 0.285. The van der Waals surface area contributed by atoms with Crippen LogP contribution < -0.4 is 4.90 Å². The molecule has 0 radical (unpaired) electrons. The Morgan fingerprint density at radius 1 is 0.818 bits per heavy atom. The van der Waals surface area contributed by atoms with Gasteiger partial charge in [-0.1, -0.05) is 54.6 Å². The second-order valence-corrected chi connectivity index (χ2v) is 5.80. The SMILES string of the molecule is C1=CC2c3oc4ccccc4c3N(c3ccccc3)C2C=C1. The third-order valence-corrected chi connectivity index (χ3v) is 4.58. The van der Waals surface area contributed by atoms with E-state index in [0.29, 0.717) is 6.04 Å². The van der Waals surface area contributed by atoms with Crippen molar-refractivity contribution in [2.24, 2.45) is 0 Å². The summed E-state index contributed by atoms with van der Waals surface area (Å²) >= 11 is 0. The molecule has 0 fully saturated rings. The molecular weight excluding hydrogens is 270 g/mol. The topological polar surface area (TPSA) is 16.4 Å². The molecule has 0 amide bonds. The minimum Gasteiger partial charge on any atom is -0.458 e. The summed E-state index contributed by atoms with van der Waals surface area (Å²) in [5, 5.41) is 1.19. The van der Waals surface area contributed by atoms with E-state index < -0.39 is 0 Å². The normalized spacial score (nSPS) is 22.1. The van der Waals surface area contributed by atoms with Crippen molar-refractivity contribution >= 4 is 22.3 Å². The van der Waals surface area contributed by atoms with Crippen molar-refractivity contribution in [1.82, 2.24) is 0 Å². The minimum atomic E-state index is 0.285. The van der Waals surface area contributed by atoms with Crippen LogP contribution in [0, 0.1) is 0 Å². The molecule has 5 rings (SSSR count). The smallest absolute Gasteiger partial charge is 0.138 e. The van der Waals surface area contributed by atoms with Gasteiger partial charge in [-0.2, -0.15) is 0 Å². The van der Waals surface area contributed by atoms with Crippen molar-refractivity contribution in [2.45, 2.75) is 12.0 Å². The van der Waals surface area contributed by atoms with Crippen LogP contribution in [0.3, 0.4) is 0 Å². The van der Waals surface area contributed by atoms with Gasteiger partial charge in [0.1, 0.15) is 11.3 Å². The van der Waals surface area contributed by atoms with Gasteiger partial charge in [0.05, 0.1) is 17.6 Å². The molecule has 1 aliphatic heterocycles. The van der Waals surface area contributed by atoms with Crippen LogP contribution in [0.4, 0.5) is 11.4 Å². The van der Waals surface area contributed by atoms with Crippen LogP contribution in [0.5, 0.6) is 0 Å². The molecule has 0 saturated heterocycles. The highest BCUT2D eigenvalue weighted by Gasteiger charge is 2.41. The Morgan fingerprint density at radius 3 is 2.50 bits per heavy atom. The van der Waals surface area contributed by atoms with Crippen molar-refractivity contribution < 1.29 is 4.42 Å². The molecule has 2 nitrogen and oxygen atoms in total. The van der Waals surface area contributed by atoms with E-state index in [2.05, 4.69) is 71.7 Å². The summed E-state index contributed by atoms with van der Waals surface area (Å²) in [7, 11) is 0. The first-order chi connectivity index (χ1) is 10.9. The monoisotopic (exact) mass is 285 g/mol. The van der Waals surface area contributed by atoms with E-state index in [1.165, 1.54) is 16.8 Å². The maximum atomic E-state index is 6.20. The third-order valence-electron chi connectivity index (χ3n) is 4.58. The number of rotatable bonds is 1. The van der Waals surface area contributed by atoms with Gasteiger partial charge in [-0.15, -0.1) is 0 Å². The maximum Gasteiger partial charge on any atom is 0.138 e. The van der Waals surface area contributed by atoms with Crippen molar-refractivity contribution in [3.63, 3.8) is 0 Å². The average Bonchev–Trinajstić information content (AvgIpc) is 3.10. The van der Waals surface area contributed by atoms with Gasteiger partial charge in [0.15, 0.2) is 0 Å². The van der Waals surface area contributed by atoms with E-state index in [-0.39, 0.29) is 5.92 Å². The molecule has 2 aliphatic rings. The first kappa shape index (κ1) is 11.9. The second-order valence-electron chi connectivity index (χ2n) is 5.80. The highest BCUT2D eigenvalue weighted by molar-refractivity contribution is 5.97. The van der Waals surface area contributed by atoms with Crippen LogP contribution in [0.1, 0.15) is 11.7 Å². The number of para-hydroxylation sites is 2. The predicted molar refractivity (Wildman–Crippen MR) is 89.6 cm³/mol. The van der Waals surface area contributed by atoms with Gasteiger partial charge in [0.2, 0.25) is 0 Å². The van der Waals surface area contributed by atoms with Crippen LogP contribution in [-0.4, -0.2) is 6.04 Å². The Labute approximate surface area is 129 Å². The Morgan fingerprint density at radius 2 is 1.59 bits per heavy atom. The van der Waals surface area contributed by atoms with E-state index in [9.17, 15) is 0 Å². The number of hydrogen-bond donors (Lipinski definition) is 0. The summed E-state index contributed by atoms with van der Waals surface area (Å²) in [5.74, 6) is 1.36. The van der Waals surface area contributed by atoms with Crippen LogP contribution in [0.2, 0.25) is 0 Å². The van der Waals surface area contributed by atoms with Gasteiger partial charge in [0, 0.05) is 11.1 Å². The van der Waals surface area contributed by atoms with E-state index in [4.69, 9.17) is 4.42 Å². The average molecular weight is 285 g/mol. The lowest BCUT2D eigenvalue weighted by Crippen LogP contribution is -2.28. The van der Waals surface area contributed by atoms with Crippen LogP contribution in [-0.2, 0) is 0 Å². The lowest BCUT2D eigenvalue weighted by atomic mass is 9.95. The lowest BCUT2D eigenvalue weighted by Gasteiger charge is -2.28. The van der Waals surface area contributed by atoms with Crippen LogP contribution in [0.25, 0.3) is 11.0 Å². The molecule has 0 bridgehead atoms. The van der Waals surface area contributed by atoms with Crippen molar-refractivity contribution in [3.05, 3.63) is 84.7 Å². The van der Waals surface area contributed by atoms with Gasteiger partial charge in [-0.3, -0.25) is 0 Å². The first-order valence-corrected chi connectivity index (χ1v) is 7.64. The van der Waals surface area contributed by atoms with Gasteiger partial charge in [-0.25, -0.2) is 0 Å². The van der Waals surface area contributed by atoms with E-state index in [1.807, 2.05) is 12.1 Å². The molecule has 1 aromatic heterocycles. The molecule has 0 N–H and O–H groups in total. The summed E-state index contributed by atoms with van der Waals surface area (Å²) in [6.07, 6.45) is 8.76. The van der Waals surface area contributed by atoms with Crippen molar-refractivity contribution in [2.75, 3.05) is 4.90 Å². The summed E-state index contributed by atoms with van der Waals surface area (Å²) in [6.45, 7) is 0. The molecule has 0 saturated carbocycles. The summed E-state index contributed by atoms with van der Waals surface area (Å²) in [4.78, 5) is 2.41. The predicted octanol–water partition coefficient (Wildman–Crippen LogP) is 5.16. The van der Waals surface area contributed by atoms with E-state index in [1.54, 1.807) is 0 Å². The largest absolute Gasteiger partial charge is 0.458 e. The fraction of sp³-hybridized carbons (Fsp3) is 0.100. The molecule has 0 spiro atoms.